The summed E-state index contributed by atoms with van der Waals surface area (Å²) >= 11 is 0. The monoisotopic (exact) mass is 437 g/mol. The van der Waals surface area contributed by atoms with Crippen LogP contribution in [0.15, 0.2) is 36.4 Å². The highest BCUT2D eigenvalue weighted by atomic mass is 16.6. The van der Waals surface area contributed by atoms with Gasteiger partial charge in [-0.25, -0.2) is 9.59 Å². The number of rotatable bonds is 6. The van der Waals surface area contributed by atoms with E-state index in [1.54, 1.807) is 0 Å². The molecule has 0 amide bonds. The number of benzene rings is 1. The number of carbonyl (C=O) groups excluding carboxylic acids is 1. The van der Waals surface area contributed by atoms with Gasteiger partial charge in [-0.3, -0.25) is 4.79 Å². The number of hydrogen-bond acceptors (Lipinski definition) is 8. The van der Waals surface area contributed by atoms with Gasteiger partial charge in [0.05, 0.1) is 19.1 Å². The van der Waals surface area contributed by atoms with Gasteiger partial charge >= 0.3 is 17.9 Å². The molecule has 0 aliphatic carbocycles. The fourth-order valence-corrected chi connectivity index (χ4v) is 3.27. The van der Waals surface area contributed by atoms with Crippen molar-refractivity contribution in [3.8, 4) is 11.5 Å². The van der Waals surface area contributed by atoms with Crippen molar-refractivity contribution in [1.29, 1.82) is 0 Å². The third-order valence-electron chi connectivity index (χ3n) is 4.87. The van der Waals surface area contributed by atoms with Gasteiger partial charge in [-0.2, -0.15) is 0 Å². The van der Waals surface area contributed by atoms with Gasteiger partial charge < -0.3 is 34.4 Å². The summed E-state index contributed by atoms with van der Waals surface area (Å²) in [4.78, 5) is 33.0. The molecule has 3 rings (SSSR count). The molecule has 1 aromatic carbocycles. The Morgan fingerprint density at radius 1 is 1.16 bits per heavy atom. The highest BCUT2D eigenvalue weighted by Crippen LogP contribution is 2.31. The van der Waals surface area contributed by atoms with Crippen LogP contribution in [-0.4, -0.2) is 83.7 Å². The molecule has 1 saturated heterocycles. The Labute approximate surface area is 179 Å². The quantitative estimate of drug-likeness (QED) is 0.432. The van der Waals surface area contributed by atoms with Crippen LogP contribution in [0.1, 0.15) is 12.8 Å². The lowest BCUT2D eigenvalue weighted by atomic mass is 9.94. The van der Waals surface area contributed by atoms with Crippen LogP contribution in [0.2, 0.25) is 0 Å². The number of hydrogen-bond donors (Lipinski definition) is 3. The highest BCUT2D eigenvalue weighted by molar-refractivity contribution is 5.89. The molecule has 3 atom stereocenters. The maximum atomic E-state index is 11.7. The number of aliphatic hydroxyl groups excluding tert-OH is 1. The number of methoxy groups -OCH3 is 1. The van der Waals surface area contributed by atoms with E-state index in [4.69, 9.17) is 24.4 Å². The number of likely N-dealkylation sites (tertiary alicyclic amines) is 1. The topological polar surface area (TPSA) is 143 Å². The van der Waals surface area contributed by atoms with Crippen LogP contribution >= 0.6 is 0 Å². The lowest BCUT2D eigenvalue weighted by Gasteiger charge is -2.35. The first-order valence-corrected chi connectivity index (χ1v) is 9.80. The minimum absolute atomic E-state index is 0.00771. The molecule has 10 nitrogen and oxygen atoms in total. The Bertz CT molecular complexity index is 779. The van der Waals surface area contributed by atoms with Crippen molar-refractivity contribution in [3.05, 3.63) is 36.4 Å². The molecule has 2 aliphatic heterocycles. The number of ether oxygens (including phenoxy) is 3. The van der Waals surface area contributed by atoms with Crippen molar-refractivity contribution >= 4 is 17.9 Å². The molecule has 3 N–H and O–H groups in total. The SMILES string of the molecule is COC(=O)[C@@H]1CN(CCC2COc3ccccc3O2)CC[C@H]1O.O=C(O)/C=C/C(=O)O. The molecule has 0 aromatic heterocycles. The largest absolute Gasteiger partial charge is 0.486 e. The number of piperidine rings is 1. The number of carbonyl (C=O) groups is 3. The van der Waals surface area contributed by atoms with Gasteiger partial charge in [0, 0.05) is 38.2 Å². The fourth-order valence-electron chi connectivity index (χ4n) is 3.27. The van der Waals surface area contributed by atoms with E-state index in [0.29, 0.717) is 31.7 Å². The maximum Gasteiger partial charge on any atom is 0.328 e. The van der Waals surface area contributed by atoms with Crippen molar-refractivity contribution < 1.29 is 43.9 Å². The Morgan fingerprint density at radius 3 is 2.42 bits per heavy atom. The Balaban J connectivity index is 0.000000366. The molecule has 31 heavy (non-hydrogen) atoms. The Hall–Kier alpha value is -3.11. The normalized spacial score (nSPS) is 22.8. The number of nitrogens with zero attached hydrogens (tertiary/aromatic N) is 1. The molecule has 1 aromatic rings. The minimum atomic E-state index is -1.26. The van der Waals surface area contributed by atoms with Gasteiger partial charge in [-0.15, -0.1) is 0 Å². The first-order valence-electron chi connectivity index (χ1n) is 9.80. The zero-order valence-electron chi connectivity index (χ0n) is 17.2. The number of para-hydroxylation sites is 2. The molecule has 1 unspecified atom stereocenters. The molecule has 2 heterocycles. The highest BCUT2D eigenvalue weighted by Gasteiger charge is 2.34. The summed E-state index contributed by atoms with van der Waals surface area (Å²) in [6, 6.07) is 7.66. The number of carboxylic acids is 2. The van der Waals surface area contributed by atoms with E-state index >= 15 is 0 Å². The molecule has 0 radical (unpaired) electrons. The van der Waals surface area contributed by atoms with Gasteiger partial charge in [0.2, 0.25) is 0 Å². The number of carboxylic acid groups (broad SMARTS) is 2. The lowest BCUT2D eigenvalue weighted by Crippen LogP contribution is -2.48. The van der Waals surface area contributed by atoms with Gasteiger partial charge in [0.25, 0.3) is 0 Å². The molecular weight excluding hydrogens is 410 g/mol. The minimum Gasteiger partial charge on any atom is -0.486 e. The van der Waals surface area contributed by atoms with Crippen molar-refractivity contribution in [1.82, 2.24) is 4.90 Å². The van der Waals surface area contributed by atoms with Gasteiger partial charge in [0.15, 0.2) is 11.5 Å². The Kier molecular flexibility index (Phi) is 9.29. The van der Waals surface area contributed by atoms with Crippen LogP contribution in [0.25, 0.3) is 0 Å². The van der Waals surface area contributed by atoms with Crippen LogP contribution in [0, 0.1) is 5.92 Å². The van der Waals surface area contributed by atoms with Crippen LogP contribution in [0.3, 0.4) is 0 Å². The summed E-state index contributed by atoms with van der Waals surface area (Å²) in [5, 5.41) is 25.6. The van der Waals surface area contributed by atoms with Crippen LogP contribution in [0.4, 0.5) is 0 Å². The van der Waals surface area contributed by atoms with Crippen molar-refractivity contribution in [2.75, 3.05) is 33.4 Å². The average Bonchev–Trinajstić information content (AvgIpc) is 2.77. The first-order chi connectivity index (χ1) is 14.8. The second-order valence-corrected chi connectivity index (χ2v) is 7.08. The first kappa shape index (κ1) is 24.2. The Morgan fingerprint density at radius 2 is 1.81 bits per heavy atom. The third-order valence-corrected chi connectivity index (χ3v) is 4.87. The zero-order chi connectivity index (χ0) is 22.8. The molecule has 2 aliphatic rings. The molecule has 0 saturated carbocycles. The molecule has 1 fully saturated rings. The molecule has 0 bridgehead atoms. The molecule has 170 valence electrons. The van der Waals surface area contributed by atoms with Crippen LogP contribution in [0.5, 0.6) is 11.5 Å². The molecular formula is C21H27NO9. The number of esters is 1. The fraction of sp³-hybridized carbons (Fsp3) is 0.476. The van der Waals surface area contributed by atoms with Gasteiger partial charge in [-0.05, 0) is 18.6 Å². The summed E-state index contributed by atoms with van der Waals surface area (Å²) in [6.45, 7) is 2.64. The second-order valence-electron chi connectivity index (χ2n) is 7.08. The summed E-state index contributed by atoms with van der Waals surface area (Å²) in [5.74, 6) is -1.74. The number of aliphatic hydroxyl groups is 1. The van der Waals surface area contributed by atoms with Crippen molar-refractivity contribution in [3.63, 3.8) is 0 Å². The number of fused-ring (bicyclic) bond motifs is 1. The van der Waals surface area contributed by atoms with Crippen molar-refractivity contribution in [2.45, 2.75) is 25.0 Å². The maximum absolute atomic E-state index is 11.7. The van der Waals surface area contributed by atoms with E-state index in [1.165, 1.54) is 7.11 Å². The van der Waals surface area contributed by atoms with Crippen LogP contribution < -0.4 is 9.47 Å². The third kappa shape index (κ3) is 7.91. The zero-order valence-corrected chi connectivity index (χ0v) is 17.2. The van der Waals surface area contributed by atoms with E-state index in [1.807, 2.05) is 24.3 Å². The smallest absolute Gasteiger partial charge is 0.328 e. The second kappa shape index (κ2) is 11.9. The van der Waals surface area contributed by atoms with E-state index in [9.17, 15) is 19.5 Å². The van der Waals surface area contributed by atoms with Crippen molar-refractivity contribution in [2.24, 2.45) is 5.92 Å². The van der Waals surface area contributed by atoms with E-state index in [0.717, 1.165) is 31.0 Å². The lowest BCUT2D eigenvalue weighted by molar-refractivity contribution is -0.152. The van der Waals surface area contributed by atoms with E-state index in [2.05, 4.69) is 4.90 Å². The standard InChI is InChI=1S/C17H23NO5.C4H4O4/c1-21-17(20)13-10-18(9-7-14(13)19)8-6-12-11-22-15-4-2-3-5-16(15)23-12;5-3(6)1-2-4(7)8/h2-5,12-14,19H,6-11H2,1H3;1-2H,(H,5,6)(H,7,8)/b;2-1+/t12?,13-,14-;/m1./s1. The summed E-state index contributed by atoms with van der Waals surface area (Å²) < 4.78 is 16.4. The van der Waals surface area contributed by atoms with Crippen LogP contribution in [-0.2, 0) is 19.1 Å². The summed E-state index contributed by atoms with van der Waals surface area (Å²) in [5.41, 5.74) is 0. The average molecular weight is 437 g/mol. The van der Waals surface area contributed by atoms with E-state index < -0.39 is 24.0 Å². The predicted octanol–water partition coefficient (Wildman–Crippen LogP) is 0.784. The molecule has 10 heteroatoms. The van der Waals surface area contributed by atoms with E-state index in [-0.39, 0.29) is 12.1 Å². The molecule has 0 spiro atoms. The summed E-state index contributed by atoms with van der Waals surface area (Å²) in [6.07, 6.45) is 1.92. The summed E-state index contributed by atoms with van der Waals surface area (Å²) in [7, 11) is 1.36. The number of aliphatic carboxylic acids is 2. The van der Waals surface area contributed by atoms with Gasteiger partial charge in [0.1, 0.15) is 12.7 Å². The predicted molar refractivity (Wildman–Crippen MR) is 108 cm³/mol. The van der Waals surface area contributed by atoms with Gasteiger partial charge in [-0.1, -0.05) is 12.1 Å².